The Morgan fingerprint density at radius 2 is 1.76 bits per heavy atom. The van der Waals surface area contributed by atoms with Crippen molar-refractivity contribution in [3.63, 3.8) is 0 Å². The number of thioether (sulfide) groups is 1. The average Bonchev–Trinajstić information content (AvgIpc) is 2.74. The average molecular weight is 433 g/mol. The van der Waals surface area contributed by atoms with Gasteiger partial charge in [0.25, 0.3) is 5.91 Å². The second-order valence-electron chi connectivity index (χ2n) is 6.83. The van der Waals surface area contributed by atoms with Crippen molar-refractivity contribution in [1.82, 2.24) is 4.31 Å². The molecule has 0 saturated carbocycles. The van der Waals surface area contributed by atoms with Crippen molar-refractivity contribution in [2.45, 2.75) is 4.90 Å². The summed E-state index contributed by atoms with van der Waals surface area (Å²) in [5.41, 5.74) is 1.67. The van der Waals surface area contributed by atoms with Crippen molar-refractivity contribution in [2.75, 3.05) is 44.3 Å². The summed E-state index contributed by atoms with van der Waals surface area (Å²) >= 11 is 1.59. The van der Waals surface area contributed by atoms with Gasteiger partial charge in [-0.2, -0.15) is 4.31 Å². The molecule has 1 heterocycles. The Morgan fingerprint density at radius 1 is 1.10 bits per heavy atom. The highest BCUT2D eigenvalue weighted by Gasteiger charge is 2.28. The van der Waals surface area contributed by atoms with Gasteiger partial charge in [-0.25, -0.2) is 8.42 Å². The quantitative estimate of drug-likeness (QED) is 0.652. The zero-order valence-corrected chi connectivity index (χ0v) is 18.0. The molecule has 6 nitrogen and oxygen atoms in total. The molecular formula is C21H26N3O3S2+. The van der Waals surface area contributed by atoms with Crippen LogP contribution in [0.15, 0.2) is 64.9 Å². The summed E-state index contributed by atoms with van der Waals surface area (Å²) in [7, 11) is -3.45. The van der Waals surface area contributed by atoms with Crippen LogP contribution in [0.1, 0.15) is 5.56 Å². The number of nitrogens with one attached hydrogen (secondary N) is 2. The van der Waals surface area contributed by atoms with Crippen LogP contribution >= 0.6 is 11.8 Å². The largest absolute Gasteiger partial charge is 0.325 e. The van der Waals surface area contributed by atoms with E-state index in [9.17, 15) is 13.2 Å². The van der Waals surface area contributed by atoms with E-state index in [1.807, 2.05) is 60.9 Å². The van der Waals surface area contributed by atoms with E-state index in [2.05, 4.69) is 5.32 Å². The highest BCUT2D eigenvalue weighted by atomic mass is 32.2. The van der Waals surface area contributed by atoms with Gasteiger partial charge in [-0.05, 0) is 30.0 Å². The third-order valence-electron chi connectivity index (χ3n) is 4.81. The van der Waals surface area contributed by atoms with Gasteiger partial charge in [0.2, 0.25) is 10.0 Å². The molecule has 0 aliphatic carbocycles. The van der Waals surface area contributed by atoms with Crippen molar-refractivity contribution < 1.29 is 18.1 Å². The molecule has 0 atom stereocenters. The fourth-order valence-corrected chi connectivity index (χ4v) is 4.96. The molecule has 154 valence electrons. The number of piperazine rings is 1. The van der Waals surface area contributed by atoms with Crippen molar-refractivity contribution in [3.05, 3.63) is 65.6 Å². The van der Waals surface area contributed by atoms with E-state index in [4.69, 9.17) is 0 Å². The summed E-state index contributed by atoms with van der Waals surface area (Å²) in [5, 5.41) is 4.23. The summed E-state index contributed by atoms with van der Waals surface area (Å²) in [5.74, 6) is -0.0539. The first-order valence-corrected chi connectivity index (χ1v) is 12.2. The smallest absolute Gasteiger partial charge is 0.279 e. The van der Waals surface area contributed by atoms with Crippen LogP contribution in [-0.2, 0) is 14.8 Å². The molecule has 0 radical (unpaired) electrons. The number of quaternary nitrogens is 1. The summed E-state index contributed by atoms with van der Waals surface area (Å²) in [6.45, 7) is 2.36. The molecule has 0 bridgehead atoms. The maximum absolute atomic E-state index is 12.5. The Bertz CT molecular complexity index is 954. The van der Waals surface area contributed by atoms with Gasteiger partial charge < -0.3 is 10.2 Å². The maximum atomic E-state index is 12.5. The van der Waals surface area contributed by atoms with E-state index in [0.29, 0.717) is 32.7 Å². The van der Waals surface area contributed by atoms with E-state index in [1.54, 1.807) is 17.8 Å². The van der Waals surface area contributed by atoms with E-state index >= 15 is 0 Å². The SMILES string of the molecule is CSc1ccccc1NC(=O)C[NH+]1CCN(S(=O)(=O)/C=C/c2ccccc2)CC1. The van der Waals surface area contributed by atoms with Gasteiger partial charge in [0, 0.05) is 10.3 Å². The molecule has 0 spiro atoms. The molecule has 2 aromatic rings. The van der Waals surface area contributed by atoms with E-state index in [0.717, 1.165) is 21.0 Å². The lowest BCUT2D eigenvalue weighted by Gasteiger charge is -2.30. The number of carbonyl (C=O) groups excluding carboxylic acids is 1. The van der Waals surface area contributed by atoms with Crippen LogP contribution < -0.4 is 10.2 Å². The molecule has 0 unspecified atom stereocenters. The molecule has 8 heteroatoms. The minimum atomic E-state index is -3.45. The number of hydrogen-bond donors (Lipinski definition) is 2. The van der Waals surface area contributed by atoms with Crippen molar-refractivity contribution in [1.29, 1.82) is 0 Å². The molecule has 2 aromatic carbocycles. The summed E-state index contributed by atoms with van der Waals surface area (Å²) in [6, 6.07) is 17.1. The van der Waals surface area contributed by atoms with Crippen LogP contribution in [0.5, 0.6) is 0 Å². The molecular weight excluding hydrogens is 406 g/mol. The van der Waals surface area contributed by atoms with Crippen LogP contribution in [0.25, 0.3) is 6.08 Å². The maximum Gasteiger partial charge on any atom is 0.279 e. The Labute approximate surface area is 176 Å². The first kappa shape index (κ1) is 21.6. The van der Waals surface area contributed by atoms with Crippen LogP contribution in [-0.4, -0.2) is 57.6 Å². The molecule has 29 heavy (non-hydrogen) atoms. The van der Waals surface area contributed by atoms with Crippen LogP contribution in [0.3, 0.4) is 0 Å². The molecule has 1 fully saturated rings. The number of nitrogens with zero attached hydrogens (tertiary/aromatic N) is 1. The zero-order valence-electron chi connectivity index (χ0n) is 16.4. The first-order chi connectivity index (χ1) is 14.0. The van der Waals surface area contributed by atoms with Crippen molar-refractivity contribution >= 4 is 39.5 Å². The van der Waals surface area contributed by atoms with Crippen LogP contribution in [0.4, 0.5) is 5.69 Å². The monoisotopic (exact) mass is 432 g/mol. The summed E-state index contributed by atoms with van der Waals surface area (Å²) < 4.78 is 26.6. The second kappa shape index (κ2) is 10.1. The number of rotatable bonds is 7. The lowest BCUT2D eigenvalue weighted by molar-refractivity contribution is -0.895. The standard InChI is InChI=1S/C21H25N3O3S2/c1-28-20-10-6-5-9-19(20)22-21(25)17-23-12-14-24(15-13-23)29(26,27)16-11-18-7-3-2-4-8-18/h2-11,16H,12-15,17H2,1H3,(H,22,25)/p+1/b16-11+. The number of anilines is 1. The second-order valence-corrected chi connectivity index (χ2v) is 9.50. The number of hydrogen-bond acceptors (Lipinski definition) is 4. The highest BCUT2D eigenvalue weighted by molar-refractivity contribution is 7.98. The van der Waals surface area contributed by atoms with E-state index in [-0.39, 0.29) is 5.91 Å². The predicted molar refractivity (Wildman–Crippen MR) is 118 cm³/mol. The predicted octanol–water partition coefficient (Wildman–Crippen LogP) is 1.55. The molecule has 3 rings (SSSR count). The number of para-hydroxylation sites is 1. The molecule has 2 N–H and O–H groups in total. The van der Waals surface area contributed by atoms with Gasteiger partial charge in [-0.15, -0.1) is 11.8 Å². The fraction of sp³-hybridized carbons (Fsp3) is 0.286. The summed E-state index contributed by atoms with van der Waals surface area (Å²) in [4.78, 5) is 14.5. The first-order valence-electron chi connectivity index (χ1n) is 9.47. The molecule has 1 aliphatic rings. The van der Waals surface area contributed by atoms with Gasteiger partial charge in [0.1, 0.15) is 0 Å². The third kappa shape index (κ3) is 6.17. The minimum Gasteiger partial charge on any atom is -0.325 e. The van der Waals surface area contributed by atoms with Gasteiger partial charge in [-0.1, -0.05) is 42.5 Å². The Hall–Kier alpha value is -2.13. The number of benzene rings is 2. The van der Waals surface area contributed by atoms with Gasteiger partial charge in [-0.3, -0.25) is 4.79 Å². The Morgan fingerprint density at radius 3 is 2.45 bits per heavy atom. The summed E-state index contributed by atoms with van der Waals surface area (Å²) in [6.07, 6.45) is 3.59. The fourth-order valence-electron chi connectivity index (χ4n) is 3.22. The van der Waals surface area contributed by atoms with Crippen LogP contribution in [0, 0.1) is 0 Å². The lowest BCUT2D eigenvalue weighted by Crippen LogP contribution is -3.15. The number of amides is 1. The van der Waals surface area contributed by atoms with Crippen molar-refractivity contribution in [2.24, 2.45) is 0 Å². The Kier molecular flexibility index (Phi) is 7.49. The highest BCUT2D eigenvalue weighted by Crippen LogP contribution is 2.24. The molecule has 1 amide bonds. The van der Waals surface area contributed by atoms with Gasteiger partial charge >= 0.3 is 0 Å². The van der Waals surface area contributed by atoms with Crippen LogP contribution in [0.2, 0.25) is 0 Å². The van der Waals surface area contributed by atoms with Crippen molar-refractivity contribution in [3.8, 4) is 0 Å². The van der Waals surface area contributed by atoms with Gasteiger partial charge in [0.05, 0.1) is 31.9 Å². The number of carbonyl (C=O) groups is 1. The minimum absolute atomic E-state index is 0.0539. The zero-order chi connectivity index (χ0) is 20.7. The normalized spacial score (nSPS) is 16.2. The third-order valence-corrected chi connectivity index (χ3v) is 7.17. The van der Waals surface area contributed by atoms with E-state index < -0.39 is 10.0 Å². The number of sulfonamides is 1. The molecule has 0 aromatic heterocycles. The molecule has 1 aliphatic heterocycles. The Balaban J connectivity index is 1.51. The lowest BCUT2D eigenvalue weighted by atomic mass is 10.2. The topological polar surface area (TPSA) is 70.9 Å². The van der Waals surface area contributed by atoms with Gasteiger partial charge in [0.15, 0.2) is 6.54 Å². The van der Waals surface area contributed by atoms with E-state index in [1.165, 1.54) is 9.71 Å². The molecule has 1 saturated heterocycles.